The number of nitrogens with zero attached hydrogens (tertiary/aromatic N) is 1. The van der Waals surface area contributed by atoms with E-state index in [1.54, 1.807) is 0 Å². The summed E-state index contributed by atoms with van der Waals surface area (Å²) in [7, 11) is 0. The highest BCUT2D eigenvalue weighted by Crippen LogP contribution is 2.39. The van der Waals surface area contributed by atoms with Crippen molar-refractivity contribution in [2.45, 2.75) is 39.2 Å². The van der Waals surface area contributed by atoms with Gasteiger partial charge in [0.2, 0.25) is 0 Å². The average Bonchev–Trinajstić information content (AvgIpc) is 2.60. The monoisotopic (exact) mass is 321 g/mol. The molecule has 1 aliphatic heterocycles. The normalized spacial score (nSPS) is 20.6. The number of benzene rings is 2. The third-order valence-electron chi connectivity index (χ3n) is 5.16. The van der Waals surface area contributed by atoms with Crippen LogP contribution in [-0.4, -0.2) is 18.1 Å². The first-order chi connectivity index (χ1) is 11.6. The molecule has 2 heteroatoms. The molecule has 1 unspecified atom stereocenters. The molecule has 2 nitrogen and oxygen atoms in total. The number of rotatable bonds is 5. The van der Waals surface area contributed by atoms with Crippen molar-refractivity contribution in [2.24, 2.45) is 0 Å². The van der Waals surface area contributed by atoms with Crippen LogP contribution in [0.4, 0.5) is 0 Å². The molecule has 0 aliphatic carbocycles. The van der Waals surface area contributed by atoms with Gasteiger partial charge in [-0.2, -0.15) is 0 Å². The van der Waals surface area contributed by atoms with Gasteiger partial charge in [-0.3, -0.25) is 0 Å². The van der Waals surface area contributed by atoms with Crippen LogP contribution in [0.25, 0.3) is 0 Å². The molecule has 3 rings (SSSR count). The molecule has 0 bridgehead atoms. The zero-order valence-corrected chi connectivity index (χ0v) is 15.0. The maximum Gasteiger partial charge on any atom is 0.119 e. The van der Waals surface area contributed by atoms with Crippen molar-refractivity contribution < 1.29 is 4.74 Å². The summed E-state index contributed by atoms with van der Waals surface area (Å²) >= 11 is 0. The van der Waals surface area contributed by atoms with Crippen molar-refractivity contribution in [3.63, 3.8) is 0 Å². The van der Waals surface area contributed by atoms with Crippen molar-refractivity contribution in [1.82, 2.24) is 4.90 Å². The van der Waals surface area contributed by atoms with Crippen LogP contribution < -0.4 is 4.74 Å². The van der Waals surface area contributed by atoms with Gasteiger partial charge in [-0.25, -0.2) is 0 Å². The second-order valence-electron chi connectivity index (χ2n) is 6.81. The Balaban J connectivity index is 1.80. The molecule has 0 fully saturated rings. The lowest BCUT2D eigenvalue weighted by molar-refractivity contribution is 0.290. The predicted molar refractivity (Wildman–Crippen MR) is 100 cm³/mol. The number of hydrogen-bond acceptors (Lipinski definition) is 2. The molecule has 1 atom stereocenters. The summed E-state index contributed by atoms with van der Waals surface area (Å²) in [5.74, 6) is 0.968. The largest absolute Gasteiger partial charge is 0.494 e. The topological polar surface area (TPSA) is 12.5 Å². The number of allylic oxidation sites excluding steroid dienone is 1. The fourth-order valence-electron chi connectivity index (χ4n) is 3.46. The van der Waals surface area contributed by atoms with E-state index in [1.165, 1.54) is 16.7 Å². The van der Waals surface area contributed by atoms with Gasteiger partial charge in [0.15, 0.2) is 0 Å². The Kier molecular flexibility index (Phi) is 4.94. The van der Waals surface area contributed by atoms with Crippen LogP contribution in [0.3, 0.4) is 0 Å². The summed E-state index contributed by atoms with van der Waals surface area (Å²) < 4.78 is 5.69. The van der Waals surface area contributed by atoms with Gasteiger partial charge in [-0.05, 0) is 55.3 Å². The molecule has 0 amide bonds. The SMILES string of the molecule is CCOc1cccc(C2(C)CCN(Cc3ccccc3)C=C2C)c1. The van der Waals surface area contributed by atoms with Crippen molar-refractivity contribution in [1.29, 1.82) is 0 Å². The van der Waals surface area contributed by atoms with E-state index in [2.05, 4.69) is 73.5 Å². The molecule has 0 saturated carbocycles. The van der Waals surface area contributed by atoms with Gasteiger partial charge >= 0.3 is 0 Å². The highest BCUT2D eigenvalue weighted by Gasteiger charge is 2.32. The minimum Gasteiger partial charge on any atom is -0.494 e. The molecule has 1 heterocycles. The molecule has 0 aromatic heterocycles. The van der Waals surface area contributed by atoms with Crippen molar-refractivity contribution >= 4 is 0 Å². The van der Waals surface area contributed by atoms with E-state index < -0.39 is 0 Å². The highest BCUT2D eigenvalue weighted by atomic mass is 16.5. The lowest BCUT2D eigenvalue weighted by Gasteiger charge is -2.39. The molecular formula is C22H27NO. The molecule has 0 saturated heterocycles. The fourth-order valence-corrected chi connectivity index (χ4v) is 3.46. The molecule has 2 aromatic rings. The van der Waals surface area contributed by atoms with Crippen LogP contribution in [0.1, 0.15) is 38.3 Å². The van der Waals surface area contributed by atoms with Gasteiger partial charge in [0.25, 0.3) is 0 Å². The minimum absolute atomic E-state index is 0.0836. The van der Waals surface area contributed by atoms with E-state index in [9.17, 15) is 0 Å². The third kappa shape index (κ3) is 3.48. The van der Waals surface area contributed by atoms with Gasteiger partial charge in [-0.1, -0.05) is 49.4 Å². The first-order valence-corrected chi connectivity index (χ1v) is 8.82. The summed E-state index contributed by atoms with van der Waals surface area (Å²) in [4.78, 5) is 2.43. The fraction of sp³-hybridized carbons (Fsp3) is 0.364. The minimum atomic E-state index is 0.0836. The highest BCUT2D eigenvalue weighted by molar-refractivity contribution is 5.40. The van der Waals surface area contributed by atoms with Crippen LogP contribution in [-0.2, 0) is 12.0 Å². The molecular weight excluding hydrogens is 294 g/mol. The summed E-state index contributed by atoms with van der Waals surface area (Å²) in [5.41, 5.74) is 4.21. The van der Waals surface area contributed by atoms with Crippen molar-refractivity contribution in [3.05, 3.63) is 77.5 Å². The van der Waals surface area contributed by atoms with Crippen LogP contribution in [0, 0.1) is 0 Å². The molecule has 0 N–H and O–H groups in total. The summed E-state index contributed by atoms with van der Waals surface area (Å²) in [6.45, 7) is 9.39. The Labute approximate surface area is 145 Å². The van der Waals surface area contributed by atoms with Gasteiger partial charge < -0.3 is 9.64 Å². The van der Waals surface area contributed by atoms with Crippen molar-refractivity contribution in [3.8, 4) is 5.75 Å². The Morgan fingerprint density at radius 1 is 1.08 bits per heavy atom. The standard InChI is InChI=1S/C22H27NO/c1-4-24-21-12-8-11-20(15-21)22(3)13-14-23(16-18(22)2)17-19-9-6-5-7-10-19/h5-12,15-16H,4,13-14,17H2,1-3H3. The molecule has 0 radical (unpaired) electrons. The number of hydrogen-bond donors (Lipinski definition) is 0. The van der Waals surface area contributed by atoms with E-state index in [0.29, 0.717) is 6.61 Å². The molecule has 126 valence electrons. The molecule has 24 heavy (non-hydrogen) atoms. The first-order valence-electron chi connectivity index (χ1n) is 8.82. The molecule has 0 spiro atoms. The van der Waals surface area contributed by atoms with Crippen LogP contribution in [0.15, 0.2) is 66.4 Å². The van der Waals surface area contributed by atoms with Gasteiger partial charge in [0.05, 0.1) is 6.61 Å². The average molecular weight is 321 g/mol. The summed E-state index contributed by atoms with van der Waals surface area (Å²) in [6.07, 6.45) is 3.46. The Morgan fingerprint density at radius 2 is 1.88 bits per heavy atom. The maximum absolute atomic E-state index is 5.69. The van der Waals surface area contributed by atoms with Crippen LogP contribution in [0.5, 0.6) is 5.75 Å². The smallest absolute Gasteiger partial charge is 0.119 e. The van der Waals surface area contributed by atoms with E-state index in [4.69, 9.17) is 4.74 Å². The summed E-state index contributed by atoms with van der Waals surface area (Å²) in [6, 6.07) is 19.3. The first kappa shape index (κ1) is 16.6. The number of ether oxygens (including phenoxy) is 1. The van der Waals surface area contributed by atoms with Crippen LogP contribution >= 0.6 is 0 Å². The Bertz CT molecular complexity index is 707. The van der Waals surface area contributed by atoms with E-state index in [-0.39, 0.29) is 5.41 Å². The molecule has 2 aromatic carbocycles. The second kappa shape index (κ2) is 7.12. The lowest BCUT2D eigenvalue weighted by Crippen LogP contribution is -2.35. The Hall–Kier alpha value is -2.22. The van der Waals surface area contributed by atoms with E-state index in [0.717, 1.165) is 25.3 Å². The van der Waals surface area contributed by atoms with Gasteiger partial charge in [-0.15, -0.1) is 0 Å². The molecule has 1 aliphatic rings. The van der Waals surface area contributed by atoms with Gasteiger partial charge in [0, 0.05) is 18.5 Å². The van der Waals surface area contributed by atoms with Crippen molar-refractivity contribution in [2.75, 3.05) is 13.2 Å². The van der Waals surface area contributed by atoms with Gasteiger partial charge in [0.1, 0.15) is 5.75 Å². The lowest BCUT2D eigenvalue weighted by atomic mass is 9.72. The quantitative estimate of drug-likeness (QED) is 0.755. The zero-order chi connectivity index (χ0) is 17.0. The summed E-state index contributed by atoms with van der Waals surface area (Å²) in [5, 5.41) is 0. The predicted octanol–water partition coefficient (Wildman–Crippen LogP) is 5.15. The maximum atomic E-state index is 5.69. The van der Waals surface area contributed by atoms with Crippen LogP contribution in [0.2, 0.25) is 0 Å². The zero-order valence-electron chi connectivity index (χ0n) is 15.0. The third-order valence-corrected chi connectivity index (χ3v) is 5.16. The Morgan fingerprint density at radius 3 is 2.58 bits per heavy atom. The second-order valence-corrected chi connectivity index (χ2v) is 6.81. The van der Waals surface area contributed by atoms with E-state index >= 15 is 0 Å². The van der Waals surface area contributed by atoms with E-state index in [1.807, 2.05) is 13.0 Å².